The van der Waals surface area contributed by atoms with Crippen LogP contribution in [0.4, 0.5) is 5.69 Å². The second-order valence-electron chi connectivity index (χ2n) is 6.83. The van der Waals surface area contributed by atoms with E-state index in [1.807, 2.05) is 12.1 Å². The second-order valence-corrected chi connectivity index (χ2v) is 6.83. The van der Waals surface area contributed by atoms with Crippen molar-refractivity contribution in [2.24, 2.45) is 4.99 Å². The van der Waals surface area contributed by atoms with E-state index in [2.05, 4.69) is 41.5 Å². The summed E-state index contributed by atoms with van der Waals surface area (Å²) in [5.74, 6) is 1.83. The maximum atomic E-state index is 5.61. The van der Waals surface area contributed by atoms with E-state index in [9.17, 15) is 0 Å². The number of anilines is 1. The van der Waals surface area contributed by atoms with E-state index >= 15 is 0 Å². The highest BCUT2D eigenvalue weighted by Gasteiger charge is 2.25. The van der Waals surface area contributed by atoms with Gasteiger partial charge in [-0.15, -0.1) is 0 Å². The number of methoxy groups -OCH3 is 1. The van der Waals surface area contributed by atoms with Crippen LogP contribution in [0.25, 0.3) is 0 Å². The van der Waals surface area contributed by atoms with Gasteiger partial charge in [-0.1, -0.05) is 25.5 Å². The normalized spacial score (nSPS) is 17.2. The monoisotopic (exact) mass is 376 g/mol. The molecule has 1 heterocycles. The molecule has 2 N–H and O–H groups in total. The summed E-state index contributed by atoms with van der Waals surface area (Å²) in [5, 5.41) is 6.93. The van der Waals surface area contributed by atoms with Crippen molar-refractivity contribution in [2.45, 2.75) is 45.6 Å². The molecule has 6 nitrogen and oxygen atoms in total. The Morgan fingerprint density at radius 3 is 2.81 bits per heavy atom. The molecule has 6 heteroatoms. The number of unbranched alkanes of at least 4 members (excludes halogenated alkanes) is 1. The van der Waals surface area contributed by atoms with E-state index in [0.717, 1.165) is 76.1 Å². The highest BCUT2D eigenvalue weighted by atomic mass is 16.5. The van der Waals surface area contributed by atoms with Crippen LogP contribution in [0.2, 0.25) is 0 Å². The molecule has 1 aromatic rings. The zero-order valence-electron chi connectivity index (χ0n) is 17.2. The zero-order valence-corrected chi connectivity index (χ0v) is 17.2. The minimum Gasteiger partial charge on any atom is -0.495 e. The van der Waals surface area contributed by atoms with Crippen molar-refractivity contribution in [2.75, 3.05) is 51.4 Å². The fourth-order valence-electron chi connectivity index (χ4n) is 3.21. The Morgan fingerprint density at radius 1 is 1.22 bits per heavy atom. The van der Waals surface area contributed by atoms with Gasteiger partial charge in [-0.3, -0.25) is 4.99 Å². The van der Waals surface area contributed by atoms with Crippen LogP contribution in [-0.4, -0.2) is 58.5 Å². The highest BCUT2D eigenvalue weighted by Crippen LogP contribution is 2.30. The summed E-state index contributed by atoms with van der Waals surface area (Å²) >= 11 is 0. The van der Waals surface area contributed by atoms with Gasteiger partial charge >= 0.3 is 0 Å². The molecule has 0 aromatic heterocycles. The van der Waals surface area contributed by atoms with Gasteiger partial charge in [-0.2, -0.15) is 0 Å². The third kappa shape index (κ3) is 7.29. The molecule has 152 valence electrons. The van der Waals surface area contributed by atoms with Gasteiger partial charge in [0.2, 0.25) is 0 Å². The molecule has 0 spiro atoms. The topological polar surface area (TPSA) is 58.1 Å². The molecular weight excluding hydrogens is 340 g/mol. The van der Waals surface area contributed by atoms with Crippen LogP contribution in [0.1, 0.15) is 39.5 Å². The van der Waals surface area contributed by atoms with Gasteiger partial charge in [-0.05, 0) is 38.3 Å². The fraction of sp³-hybridized carbons (Fsp3) is 0.667. The van der Waals surface area contributed by atoms with Gasteiger partial charge in [-0.25, -0.2) is 0 Å². The van der Waals surface area contributed by atoms with Gasteiger partial charge < -0.3 is 25.0 Å². The van der Waals surface area contributed by atoms with Crippen LogP contribution in [0.5, 0.6) is 5.75 Å². The van der Waals surface area contributed by atoms with Gasteiger partial charge in [0, 0.05) is 45.4 Å². The lowest BCUT2D eigenvalue weighted by Crippen LogP contribution is -2.44. The Hall–Kier alpha value is -1.95. The average Bonchev–Trinajstić information content (AvgIpc) is 3.15. The first kappa shape index (κ1) is 21.4. The Morgan fingerprint density at radius 2 is 2.04 bits per heavy atom. The summed E-state index contributed by atoms with van der Waals surface area (Å²) in [5.41, 5.74) is 1.16. The molecule has 1 saturated heterocycles. The third-order valence-electron chi connectivity index (χ3n) is 4.66. The van der Waals surface area contributed by atoms with Crippen LogP contribution in [0.15, 0.2) is 29.3 Å². The first-order valence-corrected chi connectivity index (χ1v) is 10.3. The van der Waals surface area contributed by atoms with E-state index in [0.29, 0.717) is 6.04 Å². The smallest absolute Gasteiger partial charge is 0.191 e. The Kier molecular flexibility index (Phi) is 9.84. The van der Waals surface area contributed by atoms with Crippen LogP contribution in [-0.2, 0) is 4.74 Å². The summed E-state index contributed by atoms with van der Waals surface area (Å²) in [4.78, 5) is 7.07. The second kappa shape index (κ2) is 12.4. The number of nitrogens with one attached hydrogen (secondary N) is 2. The predicted octanol–water partition coefficient (Wildman–Crippen LogP) is 3.04. The molecule has 1 aliphatic rings. The number of para-hydroxylation sites is 2. The van der Waals surface area contributed by atoms with Gasteiger partial charge in [0.25, 0.3) is 0 Å². The van der Waals surface area contributed by atoms with Gasteiger partial charge in [0.15, 0.2) is 5.96 Å². The number of hydrogen-bond donors (Lipinski definition) is 2. The largest absolute Gasteiger partial charge is 0.495 e. The Balaban J connectivity index is 1.79. The van der Waals surface area contributed by atoms with Crippen molar-refractivity contribution < 1.29 is 9.47 Å². The molecule has 27 heavy (non-hydrogen) atoms. The fourth-order valence-corrected chi connectivity index (χ4v) is 3.21. The molecule has 1 unspecified atom stereocenters. The number of aliphatic imine (C=N–C) groups is 1. The molecule has 1 fully saturated rings. The number of benzene rings is 1. The lowest BCUT2D eigenvalue weighted by molar-refractivity contribution is 0.130. The van der Waals surface area contributed by atoms with Crippen molar-refractivity contribution in [3.05, 3.63) is 24.3 Å². The van der Waals surface area contributed by atoms with Crippen molar-refractivity contribution in [3.63, 3.8) is 0 Å². The summed E-state index contributed by atoms with van der Waals surface area (Å²) < 4.78 is 11.1. The maximum absolute atomic E-state index is 5.61. The van der Waals surface area contributed by atoms with E-state index in [-0.39, 0.29) is 0 Å². The zero-order chi connectivity index (χ0) is 19.3. The molecule has 0 amide bonds. The third-order valence-corrected chi connectivity index (χ3v) is 4.66. The summed E-state index contributed by atoms with van der Waals surface area (Å²) in [7, 11) is 1.73. The molecule has 0 aliphatic carbocycles. The van der Waals surface area contributed by atoms with E-state index in [4.69, 9.17) is 14.5 Å². The summed E-state index contributed by atoms with van der Waals surface area (Å²) in [6.45, 7) is 9.54. The minimum absolute atomic E-state index is 0.383. The van der Waals surface area contributed by atoms with Gasteiger partial charge in [0.1, 0.15) is 5.75 Å². The average molecular weight is 377 g/mol. The molecule has 0 saturated carbocycles. The molecule has 0 radical (unpaired) electrons. The predicted molar refractivity (Wildman–Crippen MR) is 113 cm³/mol. The van der Waals surface area contributed by atoms with Crippen LogP contribution in [0, 0.1) is 0 Å². The lowest BCUT2D eigenvalue weighted by atomic mass is 10.2. The minimum atomic E-state index is 0.383. The molecule has 1 aliphatic heterocycles. The molecule has 2 rings (SSSR count). The first-order valence-electron chi connectivity index (χ1n) is 10.3. The summed E-state index contributed by atoms with van der Waals surface area (Å²) in [6, 6.07) is 8.60. The van der Waals surface area contributed by atoms with Crippen molar-refractivity contribution in [1.29, 1.82) is 0 Å². The maximum Gasteiger partial charge on any atom is 0.191 e. The number of rotatable bonds is 11. The van der Waals surface area contributed by atoms with Crippen LogP contribution >= 0.6 is 0 Å². The van der Waals surface area contributed by atoms with Crippen LogP contribution in [0.3, 0.4) is 0 Å². The molecular formula is C21H36N4O2. The standard InChI is InChI=1S/C21H36N4O2/c1-4-6-15-27-16-9-13-23-21(22-5-2)24-18-12-14-25(17-18)19-10-7-8-11-20(19)26-3/h7-8,10-11,18H,4-6,9,12-17H2,1-3H3,(H2,22,23,24). The van der Waals surface area contributed by atoms with Crippen molar-refractivity contribution >= 4 is 11.6 Å². The van der Waals surface area contributed by atoms with Crippen molar-refractivity contribution in [3.8, 4) is 5.75 Å². The lowest BCUT2D eigenvalue weighted by Gasteiger charge is -2.22. The van der Waals surface area contributed by atoms with E-state index < -0.39 is 0 Å². The Labute approximate surface area is 164 Å². The SMILES string of the molecule is CCCCOCCCN=C(NCC)NC1CCN(c2ccccc2OC)C1. The number of guanidine groups is 1. The Bertz CT molecular complexity index is 565. The van der Waals surface area contributed by atoms with E-state index in [1.54, 1.807) is 7.11 Å². The quantitative estimate of drug-likeness (QED) is 0.353. The number of ether oxygens (including phenoxy) is 2. The molecule has 1 atom stereocenters. The van der Waals surface area contributed by atoms with Crippen molar-refractivity contribution in [1.82, 2.24) is 10.6 Å². The van der Waals surface area contributed by atoms with Gasteiger partial charge in [0.05, 0.1) is 12.8 Å². The first-order chi connectivity index (χ1) is 13.3. The number of hydrogen-bond acceptors (Lipinski definition) is 4. The van der Waals surface area contributed by atoms with Crippen LogP contribution < -0.4 is 20.3 Å². The molecule has 1 aromatic carbocycles. The molecule has 0 bridgehead atoms. The summed E-state index contributed by atoms with van der Waals surface area (Å²) in [6.07, 6.45) is 4.36. The number of nitrogens with zero attached hydrogens (tertiary/aromatic N) is 2. The van der Waals surface area contributed by atoms with E-state index in [1.165, 1.54) is 6.42 Å². The highest BCUT2D eigenvalue weighted by molar-refractivity contribution is 5.80.